The van der Waals surface area contributed by atoms with Gasteiger partial charge in [0.15, 0.2) is 0 Å². The van der Waals surface area contributed by atoms with E-state index in [1.54, 1.807) is 18.2 Å². The fourth-order valence-corrected chi connectivity index (χ4v) is 3.80. The lowest BCUT2D eigenvalue weighted by Gasteiger charge is -2.08. The van der Waals surface area contributed by atoms with Gasteiger partial charge in [0.1, 0.15) is 12.4 Å². The van der Waals surface area contributed by atoms with Crippen LogP contribution in [0.15, 0.2) is 60.0 Å². The second kappa shape index (κ2) is 9.09. The van der Waals surface area contributed by atoms with Crippen LogP contribution in [-0.4, -0.2) is 5.91 Å². The minimum absolute atomic E-state index is 0.209. The summed E-state index contributed by atoms with van der Waals surface area (Å²) in [5, 5.41) is 5.66. The third-order valence-electron chi connectivity index (χ3n) is 3.66. The summed E-state index contributed by atoms with van der Waals surface area (Å²) < 4.78 is 5.91. The van der Waals surface area contributed by atoms with Crippen molar-refractivity contribution in [3.63, 3.8) is 0 Å². The van der Waals surface area contributed by atoms with E-state index in [-0.39, 0.29) is 5.91 Å². The number of benzene rings is 2. The molecule has 1 N–H and O–H groups in total. The molecule has 0 fully saturated rings. The van der Waals surface area contributed by atoms with Crippen molar-refractivity contribution in [2.75, 3.05) is 5.32 Å². The highest BCUT2D eigenvalue weighted by atomic mass is 35.5. The van der Waals surface area contributed by atoms with Crippen LogP contribution < -0.4 is 10.1 Å². The minimum Gasteiger partial charge on any atom is -0.488 e. The molecule has 138 valence electrons. The molecular weight excluding hydrogens is 401 g/mol. The fourth-order valence-electron chi connectivity index (χ4n) is 2.48. The Morgan fingerprint density at radius 1 is 1.15 bits per heavy atom. The lowest BCUT2D eigenvalue weighted by atomic mass is 10.2. The summed E-state index contributed by atoms with van der Waals surface area (Å²) in [6.45, 7) is 2.36. The van der Waals surface area contributed by atoms with Gasteiger partial charge in [0, 0.05) is 26.9 Å². The number of allylic oxidation sites excluding steroid dienone is 1. The number of amides is 1. The van der Waals surface area contributed by atoms with E-state index in [1.807, 2.05) is 54.8 Å². The quantitative estimate of drug-likeness (QED) is 0.472. The van der Waals surface area contributed by atoms with Crippen molar-refractivity contribution in [2.45, 2.75) is 13.5 Å². The summed E-state index contributed by atoms with van der Waals surface area (Å²) in [6.07, 6.45) is 3.97. The Morgan fingerprint density at radius 2 is 1.89 bits per heavy atom. The van der Waals surface area contributed by atoms with Crippen molar-refractivity contribution in [3.8, 4) is 5.75 Å². The summed E-state index contributed by atoms with van der Waals surface area (Å²) in [6, 6.07) is 14.6. The molecule has 0 radical (unpaired) electrons. The van der Waals surface area contributed by atoms with Gasteiger partial charge in [-0.15, -0.1) is 11.3 Å². The smallest absolute Gasteiger partial charge is 0.265 e. The predicted molar refractivity (Wildman–Crippen MR) is 114 cm³/mol. The van der Waals surface area contributed by atoms with Gasteiger partial charge >= 0.3 is 0 Å². The van der Waals surface area contributed by atoms with E-state index < -0.39 is 0 Å². The van der Waals surface area contributed by atoms with E-state index in [1.165, 1.54) is 11.3 Å². The van der Waals surface area contributed by atoms with Crippen LogP contribution in [0.3, 0.4) is 0 Å². The van der Waals surface area contributed by atoms with E-state index in [0.29, 0.717) is 27.2 Å². The highest BCUT2D eigenvalue weighted by molar-refractivity contribution is 7.12. The van der Waals surface area contributed by atoms with Gasteiger partial charge in [0.05, 0.1) is 4.88 Å². The van der Waals surface area contributed by atoms with Crippen LogP contribution in [0.25, 0.3) is 6.08 Å². The average molecular weight is 418 g/mol. The molecule has 1 aromatic heterocycles. The SMILES string of the molecule is C/C=C/c1ccccc1OCc1csc(C(=O)Nc2cc(Cl)cc(Cl)c2)c1. The molecule has 0 atom stereocenters. The third kappa shape index (κ3) is 5.36. The van der Waals surface area contributed by atoms with Crippen LogP contribution in [0.5, 0.6) is 5.75 Å². The zero-order valence-corrected chi connectivity index (χ0v) is 16.9. The number of carbonyl (C=O) groups excluding carboxylic acids is 1. The van der Waals surface area contributed by atoms with Gasteiger partial charge < -0.3 is 10.1 Å². The zero-order valence-electron chi connectivity index (χ0n) is 14.5. The minimum atomic E-state index is -0.209. The molecule has 0 aliphatic heterocycles. The summed E-state index contributed by atoms with van der Waals surface area (Å²) in [7, 11) is 0. The first-order chi connectivity index (χ1) is 13.0. The summed E-state index contributed by atoms with van der Waals surface area (Å²) in [4.78, 5) is 13.0. The number of hydrogen-bond acceptors (Lipinski definition) is 3. The number of para-hydroxylation sites is 1. The second-order valence-electron chi connectivity index (χ2n) is 5.76. The van der Waals surface area contributed by atoms with Gasteiger partial charge in [0.2, 0.25) is 0 Å². The van der Waals surface area contributed by atoms with Crippen molar-refractivity contribution in [1.29, 1.82) is 0 Å². The first kappa shape index (κ1) is 19.5. The largest absolute Gasteiger partial charge is 0.488 e. The van der Waals surface area contributed by atoms with Crippen LogP contribution in [0.2, 0.25) is 10.0 Å². The first-order valence-corrected chi connectivity index (χ1v) is 9.88. The van der Waals surface area contributed by atoms with Gasteiger partial charge in [-0.1, -0.05) is 53.6 Å². The lowest BCUT2D eigenvalue weighted by molar-refractivity contribution is 0.103. The molecule has 3 aromatic rings. The Kier molecular flexibility index (Phi) is 6.56. The van der Waals surface area contributed by atoms with Crippen LogP contribution >= 0.6 is 34.5 Å². The van der Waals surface area contributed by atoms with Crippen molar-refractivity contribution >= 4 is 52.2 Å². The van der Waals surface area contributed by atoms with Crippen molar-refractivity contribution in [1.82, 2.24) is 0 Å². The number of rotatable bonds is 6. The molecule has 0 saturated carbocycles. The van der Waals surface area contributed by atoms with E-state index in [0.717, 1.165) is 16.9 Å². The first-order valence-electron chi connectivity index (χ1n) is 8.24. The Balaban J connectivity index is 1.65. The molecule has 2 aromatic carbocycles. The van der Waals surface area contributed by atoms with E-state index in [2.05, 4.69) is 5.32 Å². The molecule has 1 amide bonds. The second-order valence-corrected chi connectivity index (χ2v) is 7.54. The van der Waals surface area contributed by atoms with Gasteiger partial charge in [-0.3, -0.25) is 4.79 Å². The molecule has 6 heteroatoms. The van der Waals surface area contributed by atoms with Crippen molar-refractivity contribution in [3.05, 3.63) is 86.0 Å². The maximum absolute atomic E-state index is 12.4. The number of nitrogens with one attached hydrogen (secondary N) is 1. The molecule has 3 rings (SSSR count). The highest BCUT2D eigenvalue weighted by Crippen LogP contribution is 2.25. The maximum atomic E-state index is 12.4. The number of carbonyl (C=O) groups is 1. The summed E-state index contributed by atoms with van der Waals surface area (Å²) in [5.41, 5.74) is 2.51. The number of halogens is 2. The summed E-state index contributed by atoms with van der Waals surface area (Å²) in [5.74, 6) is 0.597. The van der Waals surface area contributed by atoms with E-state index >= 15 is 0 Å². The molecule has 3 nitrogen and oxygen atoms in total. The molecule has 0 saturated heterocycles. The van der Waals surface area contributed by atoms with Crippen molar-refractivity contribution in [2.24, 2.45) is 0 Å². The third-order valence-corrected chi connectivity index (χ3v) is 5.07. The van der Waals surface area contributed by atoms with E-state index in [9.17, 15) is 4.79 Å². The van der Waals surface area contributed by atoms with Gasteiger partial charge in [-0.2, -0.15) is 0 Å². The van der Waals surface area contributed by atoms with Gasteiger partial charge in [0.25, 0.3) is 5.91 Å². The average Bonchev–Trinajstić information content (AvgIpc) is 3.09. The van der Waals surface area contributed by atoms with Gasteiger partial charge in [-0.05, 0) is 42.6 Å². The molecule has 1 heterocycles. The Morgan fingerprint density at radius 3 is 2.63 bits per heavy atom. The van der Waals surface area contributed by atoms with Crippen LogP contribution in [-0.2, 0) is 6.61 Å². The van der Waals surface area contributed by atoms with Crippen LogP contribution in [0, 0.1) is 0 Å². The molecule has 0 spiro atoms. The van der Waals surface area contributed by atoms with Crippen LogP contribution in [0.1, 0.15) is 27.7 Å². The Hall–Kier alpha value is -2.27. The lowest BCUT2D eigenvalue weighted by Crippen LogP contribution is -2.10. The van der Waals surface area contributed by atoms with Gasteiger partial charge in [-0.25, -0.2) is 0 Å². The molecule has 27 heavy (non-hydrogen) atoms. The predicted octanol–water partition coefficient (Wildman–Crippen LogP) is 6.92. The number of thiophene rings is 1. The number of anilines is 1. The monoisotopic (exact) mass is 417 g/mol. The zero-order chi connectivity index (χ0) is 19.2. The summed E-state index contributed by atoms with van der Waals surface area (Å²) >= 11 is 13.3. The topological polar surface area (TPSA) is 38.3 Å². The van der Waals surface area contributed by atoms with Crippen LogP contribution in [0.4, 0.5) is 5.69 Å². The number of hydrogen-bond donors (Lipinski definition) is 1. The Labute approximate surface area is 172 Å². The Bertz CT molecular complexity index is 962. The molecule has 0 aliphatic rings. The molecule has 0 aliphatic carbocycles. The van der Waals surface area contributed by atoms with E-state index in [4.69, 9.17) is 27.9 Å². The standard InChI is InChI=1S/C21H17Cl2NO2S/c1-2-5-15-6-3-4-7-19(15)26-12-14-8-20(27-13-14)21(25)24-18-10-16(22)9-17(23)11-18/h2-11,13H,12H2,1H3,(H,24,25)/b5-2+. The van der Waals surface area contributed by atoms with Crippen molar-refractivity contribution < 1.29 is 9.53 Å². The maximum Gasteiger partial charge on any atom is 0.265 e. The number of ether oxygens (including phenoxy) is 1. The normalized spacial score (nSPS) is 10.9. The highest BCUT2D eigenvalue weighted by Gasteiger charge is 2.11. The fraction of sp³-hybridized carbons (Fsp3) is 0.0952. The molecule has 0 unspecified atom stereocenters. The molecule has 0 bridgehead atoms. The molecular formula is C21H17Cl2NO2S.